The van der Waals surface area contributed by atoms with Crippen molar-refractivity contribution in [3.05, 3.63) is 30.6 Å². The van der Waals surface area contributed by atoms with Crippen LogP contribution < -0.4 is 11.2 Å². The molecule has 1 aromatic heterocycles. The number of nitrogens with one attached hydrogen (secondary N) is 1. The molecule has 1 aliphatic rings. The van der Waals surface area contributed by atoms with E-state index in [1.165, 1.54) is 6.20 Å². The van der Waals surface area contributed by atoms with Gasteiger partial charge in [-0.05, 0) is 22.6 Å². The number of thioether (sulfide) groups is 1. The summed E-state index contributed by atoms with van der Waals surface area (Å²) in [5.41, 5.74) is -1.26. The fourth-order valence-electron chi connectivity index (χ4n) is 1.73. The van der Waals surface area contributed by atoms with E-state index in [1.54, 1.807) is 22.6 Å². The van der Waals surface area contributed by atoms with E-state index in [-0.39, 0.29) is 10.2 Å². The lowest BCUT2D eigenvalue weighted by Crippen LogP contribution is -2.36. The van der Waals surface area contributed by atoms with Crippen LogP contribution in [0.4, 0.5) is 4.39 Å². The minimum Gasteiger partial charge on any atom is -0.395 e. The number of hydrogen-bond donors (Lipinski definition) is 3. The minimum atomic E-state index is -1.67. The first-order valence-electron chi connectivity index (χ1n) is 5.05. The first-order chi connectivity index (χ1) is 8.45. The predicted octanol–water partition coefficient (Wildman–Crippen LogP) is -0.553. The largest absolute Gasteiger partial charge is 0.395 e. The monoisotopic (exact) mass is 388 g/mol. The third-order valence-electron chi connectivity index (χ3n) is 2.67. The summed E-state index contributed by atoms with van der Waals surface area (Å²) in [5.74, 6) is 0. The topological polar surface area (TPSA) is 95.3 Å². The number of aromatic amines is 1. The van der Waals surface area contributed by atoms with Crippen molar-refractivity contribution in [1.82, 2.24) is 9.55 Å². The van der Waals surface area contributed by atoms with Crippen molar-refractivity contribution in [2.75, 3.05) is 6.61 Å². The van der Waals surface area contributed by atoms with Crippen LogP contribution in [0.3, 0.4) is 0 Å². The van der Waals surface area contributed by atoms with E-state index < -0.39 is 34.1 Å². The zero-order valence-corrected chi connectivity index (χ0v) is 11.9. The van der Waals surface area contributed by atoms with Gasteiger partial charge in [0.1, 0.15) is 11.5 Å². The first-order valence-corrected chi connectivity index (χ1v) is 7.07. The minimum absolute atomic E-state index is 0.252. The summed E-state index contributed by atoms with van der Waals surface area (Å²) >= 11 is 2.70. The van der Waals surface area contributed by atoms with Crippen molar-refractivity contribution in [2.45, 2.75) is 22.9 Å². The van der Waals surface area contributed by atoms with Crippen molar-refractivity contribution in [1.29, 1.82) is 0 Å². The molecular formula is C9H10FIN2O4S. The Kier molecular flexibility index (Phi) is 4.14. The Morgan fingerprint density at radius 1 is 1.56 bits per heavy atom. The molecule has 0 spiro atoms. The molecular weight excluding hydrogens is 378 g/mol. The van der Waals surface area contributed by atoms with Crippen LogP contribution in [0.25, 0.3) is 0 Å². The van der Waals surface area contributed by atoms with E-state index in [0.717, 1.165) is 16.3 Å². The van der Waals surface area contributed by atoms with Crippen molar-refractivity contribution >= 4 is 34.4 Å². The van der Waals surface area contributed by atoms with E-state index in [4.69, 9.17) is 5.11 Å². The highest BCUT2D eigenvalue weighted by Crippen LogP contribution is 2.42. The van der Waals surface area contributed by atoms with Crippen molar-refractivity contribution < 1.29 is 14.6 Å². The van der Waals surface area contributed by atoms with Crippen LogP contribution in [0.15, 0.2) is 15.8 Å². The lowest BCUT2D eigenvalue weighted by molar-refractivity contribution is 0.0630. The van der Waals surface area contributed by atoms with Gasteiger partial charge in [-0.25, -0.2) is 9.18 Å². The summed E-state index contributed by atoms with van der Waals surface area (Å²) in [6.45, 7) is -0.377. The van der Waals surface area contributed by atoms with E-state index in [9.17, 15) is 19.1 Å². The first kappa shape index (κ1) is 14.0. The van der Waals surface area contributed by atoms with Crippen LogP contribution in [0.2, 0.25) is 0 Å². The molecule has 1 saturated heterocycles. The molecule has 0 unspecified atom stereocenters. The summed E-state index contributed by atoms with van der Waals surface area (Å²) < 4.78 is 15.2. The number of aliphatic hydroxyl groups excluding tert-OH is 2. The zero-order chi connectivity index (χ0) is 13.4. The van der Waals surface area contributed by atoms with Gasteiger partial charge < -0.3 is 10.2 Å². The maximum absolute atomic E-state index is 13.9. The van der Waals surface area contributed by atoms with Crippen LogP contribution in [-0.2, 0) is 0 Å². The number of rotatable bonds is 2. The molecule has 2 rings (SSSR count). The van der Waals surface area contributed by atoms with Gasteiger partial charge in [0.15, 0.2) is 6.17 Å². The molecule has 3 N–H and O–H groups in total. The quantitative estimate of drug-likeness (QED) is 0.591. The zero-order valence-electron chi connectivity index (χ0n) is 8.92. The molecule has 0 aromatic carbocycles. The van der Waals surface area contributed by atoms with E-state index in [2.05, 4.69) is 4.98 Å². The Morgan fingerprint density at radius 3 is 2.78 bits per heavy atom. The van der Waals surface area contributed by atoms with Crippen molar-refractivity contribution in [3.63, 3.8) is 0 Å². The number of hydrogen-bond acceptors (Lipinski definition) is 5. The fourth-order valence-corrected chi connectivity index (χ4v) is 3.52. The number of halogens is 2. The molecule has 1 aliphatic heterocycles. The van der Waals surface area contributed by atoms with Gasteiger partial charge >= 0.3 is 5.69 Å². The van der Waals surface area contributed by atoms with E-state index >= 15 is 0 Å². The summed E-state index contributed by atoms with van der Waals surface area (Å²) in [5, 5.41) is 16.9. The molecule has 1 fully saturated rings. The number of aromatic nitrogens is 2. The molecule has 0 saturated carbocycles. The highest BCUT2D eigenvalue weighted by Gasteiger charge is 2.44. The van der Waals surface area contributed by atoms with Gasteiger partial charge in [-0.1, -0.05) is 0 Å². The second-order valence-corrected chi connectivity index (χ2v) is 6.35. The predicted molar refractivity (Wildman–Crippen MR) is 72.4 cm³/mol. The summed E-state index contributed by atoms with van der Waals surface area (Å²) in [7, 11) is 0. The lowest BCUT2D eigenvalue weighted by atomic mass is 10.1. The van der Waals surface area contributed by atoms with Crippen LogP contribution in [0.5, 0.6) is 0 Å². The Labute approximate surface area is 118 Å². The molecule has 6 nitrogen and oxygen atoms in total. The molecule has 9 heteroatoms. The Hall–Kier alpha value is -0.390. The SMILES string of the molecule is O=c1[nH]c(=O)n([C@H]2S[C@H](CO)[C@@H](O)[C@@H]2F)cc1I. The third kappa shape index (κ3) is 2.36. The average Bonchev–Trinajstić information content (AvgIpc) is 2.61. The summed E-state index contributed by atoms with van der Waals surface area (Å²) in [6, 6.07) is 0. The normalized spacial score (nSPS) is 31.8. The van der Waals surface area contributed by atoms with Gasteiger partial charge in [0, 0.05) is 6.20 Å². The van der Waals surface area contributed by atoms with Crippen LogP contribution in [0, 0.1) is 3.57 Å². The summed E-state index contributed by atoms with van der Waals surface area (Å²) in [6.07, 6.45) is -1.76. The van der Waals surface area contributed by atoms with Gasteiger partial charge in [0.05, 0.1) is 15.4 Å². The third-order valence-corrected chi connectivity index (χ3v) is 4.98. The number of nitrogens with zero attached hydrogens (tertiary/aromatic N) is 1. The molecule has 0 radical (unpaired) electrons. The highest BCUT2D eigenvalue weighted by atomic mass is 127. The van der Waals surface area contributed by atoms with E-state index in [1.807, 2.05) is 0 Å². The molecule has 100 valence electrons. The van der Waals surface area contributed by atoms with Gasteiger partial charge in [-0.15, -0.1) is 11.8 Å². The van der Waals surface area contributed by atoms with Crippen molar-refractivity contribution in [2.24, 2.45) is 0 Å². The van der Waals surface area contributed by atoms with Gasteiger partial charge in [0.25, 0.3) is 5.56 Å². The molecule has 0 bridgehead atoms. The Morgan fingerprint density at radius 2 is 2.22 bits per heavy atom. The van der Waals surface area contributed by atoms with Crippen molar-refractivity contribution in [3.8, 4) is 0 Å². The smallest absolute Gasteiger partial charge is 0.329 e. The molecule has 0 amide bonds. The lowest BCUT2D eigenvalue weighted by Gasteiger charge is -2.15. The molecule has 0 aliphatic carbocycles. The molecule has 2 heterocycles. The van der Waals surface area contributed by atoms with Gasteiger partial charge in [-0.3, -0.25) is 14.3 Å². The van der Waals surface area contributed by atoms with Crippen LogP contribution in [0.1, 0.15) is 5.37 Å². The molecule has 4 atom stereocenters. The second-order valence-electron chi connectivity index (χ2n) is 3.83. The highest BCUT2D eigenvalue weighted by molar-refractivity contribution is 14.1. The number of H-pyrrole nitrogens is 1. The van der Waals surface area contributed by atoms with E-state index in [0.29, 0.717) is 0 Å². The van der Waals surface area contributed by atoms with Crippen LogP contribution in [-0.4, -0.2) is 43.9 Å². The Balaban J connectivity index is 2.42. The van der Waals surface area contributed by atoms with Crippen LogP contribution >= 0.6 is 34.4 Å². The molecule has 18 heavy (non-hydrogen) atoms. The summed E-state index contributed by atoms with van der Waals surface area (Å²) in [4.78, 5) is 24.9. The van der Waals surface area contributed by atoms with Gasteiger partial charge in [-0.2, -0.15) is 0 Å². The Bertz CT molecular complexity index is 562. The number of alkyl halides is 1. The standard InChI is InChI=1S/C9H10FIN2O4S/c10-5-6(15)4(2-14)18-8(5)13-1-3(11)7(16)12-9(13)17/h1,4-6,8,14-15H,2H2,(H,12,16,17)/t4-,5+,6-,8+/m1/s1. The number of aliphatic hydroxyl groups is 2. The fraction of sp³-hybridized carbons (Fsp3) is 0.556. The molecule has 1 aromatic rings. The maximum atomic E-state index is 13.9. The average molecular weight is 388 g/mol. The second kappa shape index (κ2) is 5.31. The maximum Gasteiger partial charge on any atom is 0.329 e. The van der Waals surface area contributed by atoms with Gasteiger partial charge in [0.2, 0.25) is 0 Å².